The highest BCUT2D eigenvalue weighted by atomic mass is 16.5. The molecule has 8 heteroatoms. The van der Waals surface area contributed by atoms with Crippen molar-refractivity contribution in [3.63, 3.8) is 0 Å². The van der Waals surface area contributed by atoms with Crippen LogP contribution in [0.2, 0.25) is 0 Å². The summed E-state index contributed by atoms with van der Waals surface area (Å²) in [4.78, 5) is 29.1. The van der Waals surface area contributed by atoms with Gasteiger partial charge in [0.1, 0.15) is 0 Å². The number of nitrogens with one attached hydrogen (secondary N) is 1. The number of ether oxygens (including phenoxy) is 4. The van der Waals surface area contributed by atoms with Gasteiger partial charge in [-0.05, 0) is 67.5 Å². The molecule has 0 radical (unpaired) electrons. The first kappa shape index (κ1) is 26.4. The lowest BCUT2D eigenvalue weighted by molar-refractivity contribution is -0.124. The number of hydrogen-bond acceptors (Lipinski definition) is 6. The molecule has 0 unspecified atom stereocenters. The van der Waals surface area contributed by atoms with Crippen molar-refractivity contribution in [2.75, 3.05) is 42.0 Å². The Hall–Kier alpha value is -3.68. The van der Waals surface area contributed by atoms with Gasteiger partial charge in [0.25, 0.3) is 5.91 Å². The van der Waals surface area contributed by atoms with Gasteiger partial charge in [-0.15, -0.1) is 0 Å². The van der Waals surface area contributed by atoms with Gasteiger partial charge in [0, 0.05) is 19.2 Å². The predicted octanol–water partition coefficient (Wildman–Crippen LogP) is 4.64. The van der Waals surface area contributed by atoms with Crippen molar-refractivity contribution in [3.05, 3.63) is 58.7 Å². The van der Waals surface area contributed by atoms with Gasteiger partial charge in [0.05, 0.1) is 40.4 Å². The maximum atomic E-state index is 13.9. The van der Waals surface area contributed by atoms with E-state index in [1.165, 1.54) is 25.5 Å². The van der Waals surface area contributed by atoms with E-state index in [2.05, 4.69) is 11.4 Å². The highest BCUT2D eigenvalue weighted by Gasteiger charge is 2.43. The lowest BCUT2D eigenvalue weighted by atomic mass is 9.79. The topological polar surface area (TPSA) is 86.3 Å². The van der Waals surface area contributed by atoms with Crippen molar-refractivity contribution in [2.24, 2.45) is 0 Å². The molecular weight excluding hydrogens is 472 g/mol. The first-order valence-electron chi connectivity index (χ1n) is 12.6. The van der Waals surface area contributed by atoms with E-state index in [9.17, 15) is 9.59 Å². The fraction of sp³-hybridized carbons (Fsp3) is 0.448. The van der Waals surface area contributed by atoms with Gasteiger partial charge >= 0.3 is 0 Å². The molecule has 1 aliphatic heterocycles. The number of allylic oxidation sites excluding steroid dienone is 1. The SMILES string of the molecule is COc1ccc([C@@H]2[C@H](C(=O)NCCC3=CCCCC3)c3cc(OC)c(OC)cc3C(=O)N2C)cc1OC. The van der Waals surface area contributed by atoms with E-state index < -0.39 is 12.0 Å². The lowest BCUT2D eigenvalue weighted by Crippen LogP contribution is -2.45. The Balaban J connectivity index is 1.76. The van der Waals surface area contributed by atoms with E-state index in [-0.39, 0.29) is 11.8 Å². The standard InChI is InChI=1S/C29H36N2O6/c1-31-27(19-11-12-22(34-2)23(15-19)35-3)26(28(32)30-14-13-18-9-7-6-8-10-18)20-16-24(36-4)25(37-5)17-21(20)29(31)33/h9,11-12,15-17,26-27H,6-8,10,13-14H2,1-5H3,(H,30,32)/t26-,27-/m1/s1. The molecule has 2 amide bonds. The molecule has 0 saturated carbocycles. The molecule has 0 fully saturated rings. The van der Waals surface area contributed by atoms with Gasteiger partial charge < -0.3 is 29.2 Å². The number of methoxy groups -OCH3 is 4. The van der Waals surface area contributed by atoms with Gasteiger partial charge in [0.15, 0.2) is 23.0 Å². The first-order valence-corrected chi connectivity index (χ1v) is 12.6. The molecule has 198 valence electrons. The molecule has 2 atom stereocenters. The summed E-state index contributed by atoms with van der Waals surface area (Å²) in [7, 11) is 7.92. The molecule has 1 N–H and O–H groups in total. The molecular formula is C29H36N2O6. The molecule has 1 heterocycles. The second-order valence-electron chi connectivity index (χ2n) is 9.40. The molecule has 2 aromatic rings. The molecule has 0 spiro atoms. The third-order valence-electron chi connectivity index (χ3n) is 7.34. The predicted molar refractivity (Wildman–Crippen MR) is 141 cm³/mol. The minimum atomic E-state index is -0.670. The van der Waals surface area contributed by atoms with Gasteiger partial charge in [-0.25, -0.2) is 0 Å². The zero-order valence-corrected chi connectivity index (χ0v) is 22.3. The number of nitrogens with zero attached hydrogens (tertiary/aromatic N) is 1. The molecule has 0 saturated heterocycles. The van der Waals surface area contributed by atoms with E-state index in [0.29, 0.717) is 40.7 Å². The highest BCUT2D eigenvalue weighted by Crippen LogP contribution is 2.46. The average Bonchev–Trinajstić information content (AvgIpc) is 2.94. The smallest absolute Gasteiger partial charge is 0.254 e. The molecule has 2 aliphatic rings. The van der Waals surface area contributed by atoms with E-state index in [4.69, 9.17) is 18.9 Å². The van der Waals surface area contributed by atoms with Crippen LogP contribution in [-0.4, -0.2) is 58.7 Å². The summed E-state index contributed by atoms with van der Waals surface area (Å²) in [6.45, 7) is 0.542. The van der Waals surface area contributed by atoms with Crippen molar-refractivity contribution in [3.8, 4) is 23.0 Å². The molecule has 0 aromatic heterocycles. The Morgan fingerprint density at radius 1 is 0.946 bits per heavy atom. The fourth-order valence-electron chi connectivity index (χ4n) is 5.37. The zero-order chi connectivity index (χ0) is 26.5. The number of carbonyl (C=O) groups is 2. The largest absolute Gasteiger partial charge is 0.493 e. The van der Waals surface area contributed by atoms with E-state index in [0.717, 1.165) is 24.8 Å². The van der Waals surface area contributed by atoms with Crippen LogP contribution in [0.1, 0.15) is 65.5 Å². The van der Waals surface area contributed by atoms with Crippen LogP contribution in [0.3, 0.4) is 0 Å². The maximum absolute atomic E-state index is 13.9. The van der Waals surface area contributed by atoms with Crippen LogP contribution in [0.15, 0.2) is 42.0 Å². The molecule has 4 rings (SSSR count). The summed E-state index contributed by atoms with van der Waals surface area (Å²) >= 11 is 0. The maximum Gasteiger partial charge on any atom is 0.254 e. The Bertz CT molecular complexity index is 1190. The van der Waals surface area contributed by atoms with Gasteiger partial charge in [0.2, 0.25) is 5.91 Å². The van der Waals surface area contributed by atoms with Crippen LogP contribution in [0.25, 0.3) is 0 Å². The number of hydrogen-bond donors (Lipinski definition) is 1. The van der Waals surface area contributed by atoms with E-state index in [1.54, 1.807) is 51.5 Å². The number of carbonyl (C=O) groups excluding carboxylic acids is 2. The minimum Gasteiger partial charge on any atom is -0.493 e. The highest BCUT2D eigenvalue weighted by molar-refractivity contribution is 6.02. The molecule has 2 aromatic carbocycles. The Labute approximate surface area is 218 Å². The molecule has 37 heavy (non-hydrogen) atoms. The first-order chi connectivity index (χ1) is 17.9. The average molecular weight is 509 g/mol. The second kappa shape index (κ2) is 11.6. The van der Waals surface area contributed by atoms with Crippen LogP contribution in [0, 0.1) is 0 Å². The van der Waals surface area contributed by atoms with Crippen molar-refractivity contribution >= 4 is 11.8 Å². The molecule has 0 bridgehead atoms. The number of amides is 2. The molecule has 8 nitrogen and oxygen atoms in total. The summed E-state index contributed by atoms with van der Waals surface area (Å²) in [5.41, 5.74) is 3.19. The Morgan fingerprint density at radius 2 is 1.62 bits per heavy atom. The Kier molecular flexibility index (Phi) is 8.26. The van der Waals surface area contributed by atoms with Crippen molar-refractivity contribution in [2.45, 2.75) is 44.1 Å². The van der Waals surface area contributed by atoms with Crippen LogP contribution in [-0.2, 0) is 4.79 Å². The summed E-state index contributed by atoms with van der Waals surface area (Å²) in [6.07, 6.45) is 7.74. The van der Waals surface area contributed by atoms with E-state index in [1.807, 2.05) is 12.1 Å². The monoisotopic (exact) mass is 508 g/mol. The van der Waals surface area contributed by atoms with Crippen LogP contribution < -0.4 is 24.3 Å². The van der Waals surface area contributed by atoms with Crippen LogP contribution in [0.4, 0.5) is 0 Å². The minimum absolute atomic E-state index is 0.149. The molecule has 1 aliphatic carbocycles. The van der Waals surface area contributed by atoms with Gasteiger partial charge in [-0.2, -0.15) is 0 Å². The van der Waals surface area contributed by atoms with Gasteiger partial charge in [-0.1, -0.05) is 17.7 Å². The van der Waals surface area contributed by atoms with Crippen molar-refractivity contribution < 1.29 is 28.5 Å². The number of benzene rings is 2. The van der Waals surface area contributed by atoms with Crippen LogP contribution >= 0.6 is 0 Å². The summed E-state index contributed by atoms with van der Waals surface area (Å²) in [5.74, 6) is 0.991. The van der Waals surface area contributed by atoms with E-state index >= 15 is 0 Å². The third kappa shape index (κ3) is 5.24. The fourth-order valence-corrected chi connectivity index (χ4v) is 5.37. The summed E-state index contributed by atoms with van der Waals surface area (Å²) < 4.78 is 21.9. The van der Waals surface area contributed by atoms with Crippen LogP contribution in [0.5, 0.6) is 23.0 Å². The van der Waals surface area contributed by atoms with Gasteiger partial charge in [-0.3, -0.25) is 9.59 Å². The Morgan fingerprint density at radius 3 is 2.27 bits per heavy atom. The quantitative estimate of drug-likeness (QED) is 0.497. The number of likely N-dealkylation sites (N-methyl/N-ethyl adjacent to an activating group) is 1. The summed E-state index contributed by atoms with van der Waals surface area (Å²) in [6, 6.07) is 8.33. The summed E-state index contributed by atoms with van der Waals surface area (Å²) in [5, 5.41) is 3.15. The lowest BCUT2D eigenvalue weighted by Gasteiger charge is -2.40. The number of fused-ring (bicyclic) bond motifs is 1. The normalized spacial score (nSPS) is 19.0. The van der Waals surface area contributed by atoms with Crippen molar-refractivity contribution in [1.82, 2.24) is 10.2 Å². The second-order valence-corrected chi connectivity index (χ2v) is 9.40. The van der Waals surface area contributed by atoms with Crippen molar-refractivity contribution in [1.29, 1.82) is 0 Å². The number of rotatable bonds is 9. The third-order valence-corrected chi connectivity index (χ3v) is 7.34. The zero-order valence-electron chi connectivity index (χ0n) is 22.3.